The minimum absolute atomic E-state index is 0.307. The summed E-state index contributed by atoms with van der Waals surface area (Å²) in [5.74, 6) is 0. The zero-order valence-electron chi connectivity index (χ0n) is 12.6. The van der Waals surface area contributed by atoms with Gasteiger partial charge in [-0.3, -0.25) is 0 Å². The molecule has 3 saturated carbocycles. The van der Waals surface area contributed by atoms with Crippen LogP contribution in [-0.4, -0.2) is 12.2 Å². The quantitative estimate of drug-likeness (QED) is 0.520. The number of unbranched alkanes of at least 4 members (excludes halogenated alkanes) is 3. The highest BCUT2D eigenvalue weighted by Gasteiger charge is 2.48. The van der Waals surface area contributed by atoms with Gasteiger partial charge in [-0.2, -0.15) is 0 Å². The van der Waals surface area contributed by atoms with Crippen molar-refractivity contribution in [3.8, 4) is 0 Å². The summed E-state index contributed by atoms with van der Waals surface area (Å²) in [6.07, 6.45) is 16.6. The largest absolute Gasteiger partial charge is 0.375 e. The summed E-state index contributed by atoms with van der Waals surface area (Å²) in [6.45, 7) is 5.56. The molecule has 0 radical (unpaired) electrons. The molecule has 0 unspecified atom stereocenters. The van der Waals surface area contributed by atoms with Crippen LogP contribution in [0.25, 0.3) is 0 Å². The summed E-state index contributed by atoms with van der Waals surface area (Å²) in [5, 5.41) is 0. The smallest absolute Gasteiger partial charge is 0.0683 e. The molecule has 1 heteroatoms. The fraction of sp³-hybridized carbons (Fsp3) is 1.00. The van der Waals surface area contributed by atoms with E-state index in [4.69, 9.17) is 4.74 Å². The summed E-state index contributed by atoms with van der Waals surface area (Å²) < 4.78 is 6.27. The van der Waals surface area contributed by atoms with E-state index in [0.29, 0.717) is 5.60 Å². The van der Waals surface area contributed by atoms with Gasteiger partial charge in [-0.25, -0.2) is 0 Å². The highest BCUT2D eigenvalue weighted by atomic mass is 16.5. The molecule has 2 bridgehead atoms. The summed E-state index contributed by atoms with van der Waals surface area (Å²) in [7, 11) is 0. The van der Waals surface area contributed by atoms with E-state index in [-0.39, 0.29) is 0 Å². The molecule has 3 rings (SSSR count). The van der Waals surface area contributed by atoms with E-state index in [9.17, 15) is 0 Å². The molecule has 3 aliphatic rings. The van der Waals surface area contributed by atoms with Crippen LogP contribution in [0.4, 0.5) is 0 Å². The monoisotopic (exact) mass is 252 g/mol. The van der Waals surface area contributed by atoms with E-state index in [1.165, 1.54) is 77.0 Å². The standard InChI is InChI=1S/C17H32O/c1-3-5-7-8-16-9-12-17(13-10-16,14-11-16)18-15-6-4-2/h3-15H2,1-2H3. The summed E-state index contributed by atoms with van der Waals surface area (Å²) in [5.41, 5.74) is 1.03. The van der Waals surface area contributed by atoms with Crippen LogP contribution in [0.1, 0.15) is 90.9 Å². The molecule has 18 heavy (non-hydrogen) atoms. The Bertz CT molecular complexity index is 195. The third-order valence-corrected chi connectivity index (χ3v) is 5.55. The molecule has 0 atom stereocenters. The predicted molar refractivity (Wildman–Crippen MR) is 77.9 cm³/mol. The molecule has 106 valence electrons. The first kappa shape index (κ1) is 14.4. The lowest BCUT2D eigenvalue weighted by atomic mass is 9.57. The first-order valence-electron chi connectivity index (χ1n) is 8.38. The van der Waals surface area contributed by atoms with Gasteiger partial charge < -0.3 is 4.74 Å². The zero-order valence-corrected chi connectivity index (χ0v) is 12.6. The fourth-order valence-electron chi connectivity index (χ4n) is 4.00. The van der Waals surface area contributed by atoms with Crippen LogP contribution in [-0.2, 0) is 4.74 Å². The molecule has 0 amide bonds. The summed E-state index contributed by atoms with van der Waals surface area (Å²) in [6, 6.07) is 0. The van der Waals surface area contributed by atoms with Crippen molar-refractivity contribution in [1.29, 1.82) is 0 Å². The third kappa shape index (κ3) is 3.29. The van der Waals surface area contributed by atoms with Crippen LogP contribution in [0.2, 0.25) is 0 Å². The summed E-state index contributed by atoms with van der Waals surface area (Å²) in [4.78, 5) is 0. The van der Waals surface area contributed by atoms with Crippen LogP contribution >= 0.6 is 0 Å². The minimum atomic E-state index is 0.307. The van der Waals surface area contributed by atoms with Crippen molar-refractivity contribution in [3.63, 3.8) is 0 Å². The Labute approximate surface area is 114 Å². The van der Waals surface area contributed by atoms with Gasteiger partial charge in [0.05, 0.1) is 5.60 Å². The van der Waals surface area contributed by atoms with Crippen LogP contribution in [0, 0.1) is 5.41 Å². The molecule has 0 N–H and O–H groups in total. The molecule has 3 aliphatic carbocycles. The molecular formula is C17H32O. The van der Waals surface area contributed by atoms with Crippen LogP contribution in [0.15, 0.2) is 0 Å². The molecule has 0 aliphatic heterocycles. The molecule has 0 aromatic carbocycles. The van der Waals surface area contributed by atoms with E-state index in [0.717, 1.165) is 12.0 Å². The van der Waals surface area contributed by atoms with Gasteiger partial charge >= 0.3 is 0 Å². The van der Waals surface area contributed by atoms with Crippen LogP contribution in [0.3, 0.4) is 0 Å². The number of hydrogen-bond acceptors (Lipinski definition) is 1. The second-order valence-corrected chi connectivity index (χ2v) is 6.84. The molecular weight excluding hydrogens is 220 g/mol. The number of fused-ring (bicyclic) bond motifs is 3. The highest BCUT2D eigenvalue weighted by Crippen LogP contribution is 2.56. The van der Waals surface area contributed by atoms with Gasteiger partial charge in [-0.1, -0.05) is 39.5 Å². The average molecular weight is 252 g/mol. The molecule has 0 heterocycles. The van der Waals surface area contributed by atoms with Crippen molar-refractivity contribution in [2.24, 2.45) is 5.41 Å². The third-order valence-electron chi connectivity index (χ3n) is 5.55. The van der Waals surface area contributed by atoms with E-state index < -0.39 is 0 Å². The summed E-state index contributed by atoms with van der Waals surface area (Å²) >= 11 is 0. The number of hydrogen-bond donors (Lipinski definition) is 0. The Hall–Kier alpha value is -0.0400. The van der Waals surface area contributed by atoms with Crippen LogP contribution in [0.5, 0.6) is 0 Å². The van der Waals surface area contributed by atoms with Gasteiger partial charge in [0.1, 0.15) is 0 Å². The molecule has 0 aromatic rings. The number of rotatable bonds is 8. The van der Waals surface area contributed by atoms with E-state index in [1.54, 1.807) is 0 Å². The Morgan fingerprint density at radius 1 is 0.778 bits per heavy atom. The second kappa shape index (κ2) is 6.41. The lowest BCUT2D eigenvalue weighted by molar-refractivity contribution is -0.138. The van der Waals surface area contributed by atoms with Crippen molar-refractivity contribution in [1.82, 2.24) is 0 Å². The molecule has 1 nitrogen and oxygen atoms in total. The van der Waals surface area contributed by atoms with E-state index >= 15 is 0 Å². The maximum atomic E-state index is 6.27. The van der Waals surface area contributed by atoms with Gasteiger partial charge in [-0.05, 0) is 56.8 Å². The van der Waals surface area contributed by atoms with Gasteiger partial charge in [0.2, 0.25) is 0 Å². The van der Waals surface area contributed by atoms with Crippen molar-refractivity contribution in [2.75, 3.05) is 6.61 Å². The molecule has 0 saturated heterocycles. The normalized spacial score (nSPS) is 35.0. The zero-order chi connectivity index (χ0) is 12.9. The Kier molecular flexibility index (Phi) is 5.12. The number of ether oxygens (including phenoxy) is 1. The molecule has 0 spiro atoms. The Balaban J connectivity index is 1.78. The van der Waals surface area contributed by atoms with Crippen molar-refractivity contribution in [2.45, 2.75) is 96.5 Å². The lowest BCUT2D eigenvalue weighted by Crippen LogP contribution is -2.47. The van der Waals surface area contributed by atoms with Gasteiger partial charge in [0, 0.05) is 6.61 Å². The highest BCUT2D eigenvalue weighted by molar-refractivity contribution is 5.00. The van der Waals surface area contributed by atoms with E-state index in [1.807, 2.05) is 0 Å². The van der Waals surface area contributed by atoms with Crippen LogP contribution < -0.4 is 0 Å². The first-order valence-corrected chi connectivity index (χ1v) is 8.38. The topological polar surface area (TPSA) is 9.23 Å². The van der Waals surface area contributed by atoms with Crippen molar-refractivity contribution in [3.05, 3.63) is 0 Å². The van der Waals surface area contributed by atoms with Gasteiger partial charge in [0.25, 0.3) is 0 Å². The predicted octanol–water partition coefficient (Wildman–Crippen LogP) is 5.48. The van der Waals surface area contributed by atoms with Crippen molar-refractivity contribution < 1.29 is 4.74 Å². The van der Waals surface area contributed by atoms with Crippen molar-refractivity contribution >= 4 is 0 Å². The maximum absolute atomic E-state index is 6.27. The maximum Gasteiger partial charge on any atom is 0.0683 e. The Morgan fingerprint density at radius 2 is 1.39 bits per heavy atom. The first-order chi connectivity index (χ1) is 8.74. The van der Waals surface area contributed by atoms with E-state index in [2.05, 4.69) is 13.8 Å². The van der Waals surface area contributed by atoms with Gasteiger partial charge in [-0.15, -0.1) is 0 Å². The Morgan fingerprint density at radius 3 is 1.94 bits per heavy atom. The van der Waals surface area contributed by atoms with Gasteiger partial charge in [0.15, 0.2) is 0 Å². The molecule has 3 fully saturated rings. The fourth-order valence-corrected chi connectivity index (χ4v) is 4.00. The average Bonchev–Trinajstić information content (AvgIpc) is 2.42. The molecule has 0 aromatic heterocycles. The minimum Gasteiger partial charge on any atom is -0.375 e. The lowest BCUT2D eigenvalue weighted by Gasteiger charge is -2.53. The SMILES string of the molecule is CCCCCC12CCC(OCCCC)(CC1)CC2. The second-order valence-electron chi connectivity index (χ2n) is 6.84.